The van der Waals surface area contributed by atoms with Crippen LogP contribution in [0.5, 0.6) is 0 Å². The van der Waals surface area contributed by atoms with Crippen molar-refractivity contribution in [3.63, 3.8) is 0 Å². The summed E-state index contributed by atoms with van der Waals surface area (Å²) in [5.74, 6) is 0. The summed E-state index contributed by atoms with van der Waals surface area (Å²) in [6.45, 7) is 3.19. The monoisotopic (exact) mass is 188 g/mol. The SMILES string of the molecule is COC1(CNC=O)CNCCOC1. The molecule has 1 amide bonds. The third-order valence-corrected chi connectivity index (χ3v) is 2.18. The maximum atomic E-state index is 10.2. The first-order valence-corrected chi connectivity index (χ1v) is 4.34. The Balaban J connectivity index is 2.48. The number of hydrogen-bond acceptors (Lipinski definition) is 4. The van der Waals surface area contributed by atoms with Gasteiger partial charge in [-0.2, -0.15) is 0 Å². The lowest BCUT2D eigenvalue weighted by Gasteiger charge is -2.29. The highest BCUT2D eigenvalue weighted by atomic mass is 16.5. The maximum Gasteiger partial charge on any atom is 0.207 e. The molecule has 1 saturated heterocycles. The molecule has 0 aromatic rings. The van der Waals surface area contributed by atoms with Crippen LogP contribution in [0.25, 0.3) is 0 Å². The van der Waals surface area contributed by atoms with Crippen LogP contribution in [0.15, 0.2) is 0 Å². The molecule has 1 atom stereocenters. The van der Waals surface area contributed by atoms with E-state index in [9.17, 15) is 4.79 Å². The molecule has 1 rings (SSSR count). The van der Waals surface area contributed by atoms with Gasteiger partial charge in [0, 0.05) is 26.7 Å². The average molecular weight is 188 g/mol. The van der Waals surface area contributed by atoms with Gasteiger partial charge in [0.15, 0.2) is 0 Å². The fourth-order valence-corrected chi connectivity index (χ4v) is 1.31. The molecule has 76 valence electrons. The lowest BCUT2D eigenvalue weighted by atomic mass is 10.1. The van der Waals surface area contributed by atoms with Crippen LogP contribution in [0.3, 0.4) is 0 Å². The van der Waals surface area contributed by atoms with Gasteiger partial charge in [-0.1, -0.05) is 0 Å². The number of carbonyl (C=O) groups excluding carboxylic acids is 1. The molecule has 0 radical (unpaired) electrons. The second kappa shape index (κ2) is 5.16. The first-order chi connectivity index (χ1) is 6.33. The van der Waals surface area contributed by atoms with Gasteiger partial charge in [0.25, 0.3) is 0 Å². The Morgan fingerprint density at radius 2 is 2.62 bits per heavy atom. The Hall–Kier alpha value is -0.650. The third-order valence-electron chi connectivity index (χ3n) is 2.18. The van der Waals surface area contributed by atoms with Gasteiger partial charge < -0.3 is 20.1 Å². The molecule has 0 bridgehead atoms. The predicted molar refractivity (Wildman–Crippen MR) is 47.5 cm³/mol. The van der Waals surface area contributed by atoms with Crippen molar-refractivity contribution in [1.82, 2.24) is 10.6 Å². The molecule has 0 aliphatic carbocycles. The lowest BCUT2D eigenvalue weighted by Crippen LogP contribution is -2.51. The van der Waals surface area contributed by atoms with Crippen LogP contribution in [-0.4, -0.2) is 52.0 Å². The van der Waals surface area contributed by atoms with E-state index < -0.39 is 5.60 Å². The van der Waals surface area contributed by atoms with Crippen LogP contribution in [0.2, 0.25) is 0 Å². The number of methoxy groups -OCH3 is 1. The Morgan fingerprint density at radius 3 is 3.31 bits per heavy atom. The van der Waals surface area contributed by atoms with Crippen LogP contribution in [0.4, 0.5) is 0 Å². The van der Waals surface area contributed by atoms with Gasteiger partial charge in [0.2, 0.25) is 6.41 Å². The van der Waals surface area contributed by atoms with E-state index in [1.807, 2.05) is 0 Å². The van der Waals surface area contributed by atoms with E-state index in [0.717, 1.165) is 6.54 Å². The lowest BCUT2D eigenvalue weighted by molar-refractivity contribution is -0.112. The summed E-state index contributed by atoms with van der Waals surface area (Å²) in [6.07, 6.45) is 0.672. The van der Waals surface area contributed by atoms with Crippen molar-refractivity contribution in [3.05, 3.63) is 0 Å². The van der Waals surface area contributed by atoms with Crippen LogP contribution >= 0.6 is 0 Å². The molecule has 2 N–H and O–H groups in total. The summed E-state index contributed by atoms with van der Waals surface area (Å²) < 4.78 is 10.7. The number of carbonyl (C=O) groups is 1. The summed E-state index contributed by atoms with van der Waals surface area (Å²) in [7, 11) is 1.63. The van der Waals surface area contributed by atoms with Crippen molar-refractivity contribution in [2.45, 2.75) is 5.60 Å². The number of rotatable bonds is 4. The summed E-state index contributed by atoms with van der Waals surface area (Å²) in [4.78, 5) is 10.2. The molecular weight excluding hydrogens is 172 g/mol. The van der Waals surface area contributed by atoms with E-state index in [1.165, 1.54) is 0 Å². The molecule has 0 spiro atoms. The van der Waals surface area contributed by atoms with Gasteiger partial charge in [0.05, 0.1) is 13.2 Å². The van der Waals surface area contributed by atoms with Crippen LogP contribution in [0, 0.1) is 0 Å². The highest BCUT2D eigenvalue weighted by molar-refractivity contribution is 5.46. The Kier molecular flexibility index (Phi) is 4.14. The van der Waals surface area contributed by atoms with Gasteiger partial charge in [-0.3, -0.25) is 4.79 Å². The minimum absolute atomic E-state index is 0.419. The first-order valence-electron chi connectivity index (χ1n) is 4.34. The van der Waals surface area contributed by atoms with Gasteiger partial charge in [-0.05, 0) is 0 Å². The Bertz CT molecular complexity index is 155. The molecule has 5 heteroatoms. The highest BCUT2D eigenvalue weighted by Gasteiger charge is 2.31. The number of amides is 1. The quantitative estimate of drug-likeness (QED) is 0.540. The second-order valence-corrected chi connectivity index (χ2v) is 3.12. The number of hydrogen-bond donors (Lipinski definition) is 2. The molecule has 0 saturated carbocycles. The van der Waals surface area contributed by atoms with Crippen molar-refractivity contribution in [2.75, 3.05) is 40.0 Å². The van der Waals surface area contributed by atoms with Crippen molar-refractivity contribution in [3.8, 4) is 0 Å². The number of ether oxygens (including phenoxy) is 2. The van der Waals surface area contributed by atoms with Crippen molar-refractivity contribution < 1.29 is 14.3 Å². The fourth-order valence-electron chi connectivity index (χ4n) is 1.31. The van der Waals surface area contributed by atoms with Crippen LogP contribution in [-0.2, 0) is 14.3 Å². The average Bonchev–Trinajstić information content (AvgIpc) is 2.41. The summed E-state index contributed by atoms with van der Waals surface area (Å²) in [5.41, 5.74) is -0.419. The second-order valence-electron chi connectivity index (χ2n) is 3.12. The molecule has 1 aliphatic rings. The number of nitrogens with one attached hydrogen (secondary N) is 2. The zero-order valence-electron chi connectivity index (χ0n) is 7.84. The summed E-state index contributed by atoms with van der Waals surface area (Å²) >= 11 is 0. The van der Waals surface area contributed by atoms with Gasteiger partial charge in [-0.25, -0.2) is 0 Å². The van der Waals surface area contributed by atoms with Gasteiger partial charge >= 0.3 is 0 Å². The normalized spacial score (nSPS) is 29.3. The molecule has 0 aromatic heterocycles. The van der Waals surface area contributed by atoms with Crippen molar-refractivity contribution in [1.29, 1.82) is 0 Å². The van der Waals surface area contributed by atoms with Crippen molar-refractivity contribution >= 4 is 6.41 Å². The minimum atomic E-state index is -0.419. The molecule has 1 fully saturated rings. The topological polar surface area (TPSA) is 59.6 Å². The Morgan fingerprint density at radius 1 is 1.77 bits per heavy atom. The standard InChI is InChI=1S/C8H16N2O3/c1-12-8(5-10-7-11)4-9-2-3-13-6-8/h7,9H,2-6H2,1H3,(H,10,11). The molecule has 1 unspecified atom stereocenters. The van der Waals surface area contributed by atoms with Crippen LogP contribution < -0.4 is 10.6 Å². The predicted octanol–water partition coefficient (Wildman–Crippen LogP) is -1.26. The Labute approximate surface area is 77.8 Å². The van der Waals surface area contributed by atoms with Gasteiger partial charge in [0.1, 0.15) is 5.60 Å². The molecule has 5 nitrogen and oxygen atoms in total. The molecule has 1 heterocycles. The molecule has 1 aliphatic heterocycles. The maximum absolute atomic E-state index is 10.2. The first kappa shape index (κ1) is 10.4. The van der Waals surface area contributed by atoms with Crippen LogP contribution in [0.1, 0.15) is 0 Å². The molecular formula is C8H16N2O3. The molecule has 0 aromatic carbocycles. The third kappa shape index (κ3) is 2.95. The van der Waals surface area contributed by atoms with Crippen molar-refractivity contribution in [2.24, 2.45) is 0 Å². The van der Waals surface area contributed by atoms with E-state index in [-0.39, 0.29) is 0 Å². The van der Waals surface area contributed by atoms with Gasteiger partial charge in [-0.15, -0.1) is 0 Å². The smallest absolute Gasteiger partial charge is 0.207 e. The zero-order valence-corrected chi connectivity index (χ0v) is 7.84. The minimum Gasteiger partial charge on any atom is -0.377 e. The van der Waals surface area contributed by atoms with E-state index in [1.54, 1.807) is 7.11 Å². The fraction of sp³-hybridized carbons (Fsp3) is 0.875. The molecule has 13 heavy (non-hydrogen) atoms. The summed E-state index contributed by atoms with van der Waals surface area (Å²) in [6, 6.07) is 0. The van der Waals surface area contributed by atoms with E-state index in [0.29, 0.717) is 32.7 Å². The highest BCUT2D eigenvalue weighted by Crippen LogP contribution is 2.10. The zero-order chi connectivity index (χ0) is 9.57. The van der Waals surface area contributed by atoms with E-state index >= 15 is 0 Å². The van der Waals surface area contributed by atoms with E-state index in [4.69, 9.17) is 9.47 Å². The van der Waals surface area contributed by atoms with E-state index in [2.05, 4.69) is 10.6 Å². The largest absolute Gasteiger partial charge is 0.377 e. The summed E-state index contributed by atoms with van der Waals surface area (Å²) in [5, 5.41) is 5.80.